The lowest BCUT2D eigenvalue weighted by Crippen LogP contribution is -2.47. The molecular formula is C20H29N3O4. The fourth-order valence-corrected chi connectivity index (χ4v) is 3.73. The first kappa shape index (κ1) is 19.5. The van der Waals surface area contributed by atoms with Gasteiger partial charge in [-0.1, -0.05) is 25.1 Å². The van der Waals surface area contributed by atoms with E-state index >= 15 is 0 Å². The standard InChI is InChI=1S/C20H29N3O4/c1-15(13-24)16-6-9-22(10-7-16)20(26)21-8-11-23-12-17-4-2-3-5-18(17)27-14-19(23)25/h2-5,15-16,24H,6-14H2,1H3,(H,21,26). The third kappa shape index (κ3) is 4.91. The molecule has 1 unspecified atom stereocenters. The van der Waals surface area contributed by atoms with Gasteiger partial charge in [0.2, 0.25) is 0 Å². The SMILES string of the molecule is CC(CO)C1CCN(C(=O)NCCN2Cc3ccccc3OCC2=O)CC1. The van der Waals surface area contributed by atoms with E-state index in [0.717, 1.165) is 24.2 Å². The highest BCUT2D eigenvalue weighted by Gasteiger charge is 2.26. The zero-order chi connectivity index (χ0) is 19.2. The van der Waals surface area contributed by atoms with Crippen molar-refractivity contribution >= 4 is 11.9 Å². The molecule has 1 saturated heterocycles. The molecule has 0 bridgehead atoms. The number of nitrogens with one attached hydrogen (secondary N) is 1. The number of likely N-dealkylation sites (tertiary alicyclic amines) is 1. The van der Waals surface area contributed by atoms with Crippen LogP contribution in [0.4, 0.5) is 4.79 Å². The summed E-state index contributed by atoms with van der Waals surface area (Å²) in [5, 5.41) is 12.2. The molecule has 3 rings (SSSR count). The molecule has 0 saturated carbocycles. The number of ether oxygens (including phenoxy) is 1. The minimum Gasteiger partial charge on any atom is -0.483 e. The summed E-state index contributed by atoms with van der Waals surface area (Å²) in [6.07, 6.45) is 1.85. The molecule has 2 N–H and O–H groups in total. The number of para-hydroxylation sites is 1. The lowest BCUT2D eigenvalue weighted by molar-refractivity contribution is -0.133. The normalized spacial score (nSPS) is 19.1. The van der Waals surface area contributed by atoms with Gasteiger partial charge in [-0.05, 0) is 30.7 Å². The molecule has 0 aliphatic carbocycles. The number of hydrogen-bond donors (Lipinski definition) is 2. The van der Waals surface area contributed by atoms with Crippen molar-refractivity contribution in [3.05, 3.63) is 29.8 Å². The largest absolute Gasteiger partial charge is 0.483 e. The number of carbonyl (C=O) groups is 2. The molecule has 0 spiro atoms. The topological polar surface area (TPSA) is 82.1 Å². The number of aliphatic hydroxyl groups is 1. The van der Waals surface area contributed by atoms with Crippen molar-refractivity contribution in [2.24, 2.45) is 11.8 Å². The smallest absolute Gasteiger partial charge is 0.317 e. The van der Waals surface area contributed by atoms with Crippen molar-refractivity contribution in [2.45, 2.75) is 26.3 Å². The minimum absolute atomic E-state index is 0.0293. The molecule has 7 heteroatoms. The minimum atomic E-state index is -0.0796. The molecule has 2 aliphatic heterocycles. The quantitative estimate of drug-likeness (QED) is 0.816. The highest BCUT2D eigenvalue weighted by atomic mass is 16.5. The summed E-state index contributed by atoms with van der Waals surface area (Å²) in [6.45, 7) is 5.08. The van der Waals surface area contributed by atoms with Crippen LogP contribution in [0.5, 0.6) is 5.75 Å². The second-order valence-electron chi connectivity index (χ2n) is 7.43. The summed E-state index contributed by atoms with van der Waals surface area (Å²) < 4.78 is 5.55. The summed E-state index contributed by atoms with van der Waals surface area (Å²) in [5.41, 5.74) is 0.981. The maximum atomic E-state index is 12.4. The Hall–Kier alpha value is -2.28. The zero-order valence-electron chi connectivity index (χ0n) is 15.9. The van der Waals surface area contributed by atoms with E-state index in [-0.39, 0.29) is 31.1 Å². The number of hydrogen-bond acceptors (Lipinski definition) is 4. The van der Waals surface area contributed by atoms with Gasteiger partial charge in [0.05, 0.1) is 0 Å². The van der Waals surface area contributed by atoms with Crippen molar-refractivity contribution < 1.29 is 19.4 Å². The number of amides is 3. The Morgan fingerprint density at radius 2 is 2.07 bits per heavy atom. The molecule has 27 heavy (non-hydrogen) atoms. The molecule has 0 aromatic heterocycles. The van der Waals surface area contributed by atoms with Crippen molar-refractivity contribution in [1.82, 2.24) is 15.1 Å². The number of fused-ring (bicyclic) bond motifs is 1. The summed E-state index contributed by atoms with van der Waals surface area (Å²) in [6, 6.07) is 7.57. The van der Waals surface area contributed by atoms with Gasteiger partial charge in [0.25, 0.3) is 5.91 Å². The first-order valence-corrected chi connectivity index (χ1v) is 9.70. The summed E-state index contributed by atoms with van der Waals surface area (Å²) in [5.74, 6) is 1.44. The van der Waals surface area contributed by atoms with Crippen molar-refractivity contribution in [1.29, 1.82) is 0 Å². The van der Waals surface area contributed by atoms with Gasteiger partial charge in [-0.2, -0.15) is 0 Å². The van der Waals surface area contributed by atoms with Crippen LogP contribution in [0, 0.1) is 11.8 Å². The number of piperidine rings is 1. The number of carbonyl (C=O) groups excluding carboxylic acids is 2. The van der Waals surface area contributed by atoms with Gasteiger partial charge in [-0.25, -0.2) is 4.79 Å². The van der Waals surface area contributed by atoms with Crippen molar-refractivity contribution in [3.63, 3.8) is 0 Å². The number of urea groups is 1. The van der Waals surface area contributed by atoms with E-state index < -0.39 is 0 Å². The molecule has 2 aliphatic rings. The number of aliphatic hydroxyl groups excluding tert-OH is 1. The summed E-state index contributed by atoms with van der Waals surface area (Å²) in [7, 11) is 0. The van der Waals surface area contributed by atoms with Crippen LogP contribution < -0.4 is 10.1 Å². The predicted octanol–water partition coefficient (Wildman–Crippen LogP) is 1.46. The van der Waals surface area contributed by atoms with Gasteiger partial charge < -0.3 is 25.0 Å². The van der Waals surface area contributed by atoms with Gasteiger partial charge in [0, 0.05) is 44.9 Å². The Labute approximate surface area is 160 Å². The van der Waals surface area contributed by atoms with Gasteiger partial charge >= 0.3 is 6.03 Å². The van der Waals surface area contributed by atoms with Crippen LogP contribution in [0.15, 0.2) is 24.3 Å². The lowest BCUT2D eigenvalue weighted by Gasteiger charge is -2.34. The Morgan fingerprint density at radius 1 is 1.33 bits per heavy atom. The second kappa shape index (κ2) is 9.08. The van der Waals surface area contributed by atoms with Gasteiger partial charge in [0.1, 0.15) is 5.75 Å². The Bertz CT molecular complexity index is 658. The van der Waals surface area contributed by atoms with Crippen LogP contribution >= 0.6 is 0 Å². The zero-order valence-corrected chi connectivity index (χ0v) is 15.9. The van der Waals surface area contributed by atoms with E-state index in [1.54, 1.807) is 4.90 Å². The van der Waals surface area contributed by atoms with Gasteiger partial charge in [0.15, 0.2) is 6.61 Å². The van der Waals surface area contributed by atoms with Crippen LogP contribution in [-0.4, -0.2) is 66.2 Å². The monoisotopic (exact) mass is 375 g/mol. The van der Waals surface area contributed by atoms with Crippen LogP contribution in [0.3, 0.4) is 0 Å². The highest BCUT2D eigenvalue weighted by Crippen LogP contribution is 2.25. The maximum absolute atomic E-state index is 12.4. The maximum Gasteiger partial charge on any atom is 0.317 e. The summed E-state index contributed by atoms with van der Waals surface area (Å²) >= 11 is 0. The van der Waals surface area contributed by atoms with Crippen molar-refractivity contribution in [2.75, 3.05) is 39.4 Å². The first-order valence-electron chi connectivity index (χ1n) is 9.70. The molecule has 1 aromatic carbocycles. The number of nitrogens with zero attached hydrogens (tertiary/aromatic N) is 2. The van der Waals surface area contributed by atoms with E-state index in [0.29, 0.717) is 38.6 Å². The number of benzene rings is 1. The van der Waals surface area contributed by atoms with Crippen LogP contribution in [0.2, 0.25) is 0 Å². The molecule has 3 amide bonds. The molecular weight excluding hydrogens is 346 g/mol. The van der Waals surface area contributed by atoms with E-state index in [1.807, 2.05) is 29.2 Å². The number of rotatable bonds is 5. The highest BCUT2D eigenvalue weighted by molar-refractivity contribution is 5.79. The average Bonchev–Trinajstić information content (AvgIpc) is 2.86. The van der Waals surface area contributed by atoms with Crippen LogP contribution in [0.1, 0.15) is 25.3 Å². The third-order valence-electron chi connectivity index (χ3n) is 5.62. The fourth-order valence-electron chi connectivity index (χ4n) is 3.73. The van der Waals surface area contributed by atoms with Crippen molar-refractivity contribution in [3.8, 4) is 5.75 Å². The van der Waals surface area contributed by atoms with Gasteiger partial charge in [-0.15, -0.1) is 0 Å². The average molecular weight is 375 g/mol. The van der Waals surface area contributed by atoms with E-state index in [9.17, 15) is 14.7 Å². The fraction of sp³-hybridized carbons (Fsp3) is 0.600. The molecule has 2 heterocycles. The van der Waals surface area contributed by atoms with Crippen LogP contribution in [-0.2, 0) is 11.3 Å². The van der Waals surface area contributed by atoms with E-state index in [1.165, 1.54) is 0 Å². The van der Waals surface area contributed by atoms with E-state index in [2.05, 4.69) is 12.2 Å². The molecule has 7 nitrogen and oxygen atoms in total. The molecule has 0 radical (unpaired) electrons. The Balaban J connectivity index is 1.44. The first-order chi connectivity index (χ1) is 13.1. The third-order valence-corrected chi connectivity index (χ3v) is 5.62. The predicted molar refractivity (Wildman–Crippen MR) is 101 cm³/mol. The summed E-state index contributed by atoms with van der Waals surface area (Å²) in [4.78, 5) is 28.2. The Kier molecular flexibility index (Phi) is 6.55. The van der Waals surface area contributed by atoms with Gasteiger partial charge in [-0.3, -0.25) is 4.79 Å². The molecule has 1 atom stereocenters. The molecule has 1 fully saturated rings. The Morgan fingerprint density at radius 3 is 2.81 bits per heavy atom. The molecule has 1 aromatic rings. The van der Waals surface area contributed by atoms with Crippen LogP contribution in [0.25, 0.3) is 0 Å². The van der Waals surface area contributed by atoms with E-state index in [4.69, 9.17) is 4.74 Å². The lowest BCUT2D eigenvalue weighted by atomic mass is 9.86. The molecule has 148 valence electrons. The second-order valence-corrected chi connectivity index (χ2v) is 7.43.